The molecule has 15 heavy (non-hydrogen) atoms. The molecule has 2 aliphatic heterocycles. The van der Waals surface area contributed by atoms with Crippen LogP contribution in [0.2, 0.25) is 0 Å². The molecule has 0 radical (unpaired) electrons. The van der Waals surface area contributed by atoms with Crippen molar-refractivity contribution in [2.24, 2.45) is 11.8 Å². The standard InChI is InChI=1S/C11H20N2O2/c1-8-6-9(7-15-8)11(13-12)10-4-2-3-5-14-10/h4,8-9,11,13H,2-3,5-7,12H2,1H3. The number of hydrogen-bond donors (Lipinski definition) is 2. The van der Waals surface area contributed by atoms with E-state index in [1.807, 2.05) is 0 Å². The molecule has 1 fully saturated rings. The zero-order valence-corrected chi connectivity index (χ0v) is 9.24. The minimum absolute atomic E-state index is 0.121. The first-order valence-corrected chi connectivity index (χ1v) is 5.72. The Hall–Kier alpha value is -0.580. The van der Waals surface area contributed by atoms with Gasteiger partial charge in [-0.15, -0.1) is 0 Å². The Kier molecular flexibility index (Phi) is 3.61. The molecule has 0 aromatic carbocycles. The first-order chi connectivity index (χ1) is 7.31. The predicted molar refractivity (Wildman–Crippen MR) is 57.9 cm³/mol. The van der Waals surface area contributed by atoms with Gasteiger partial charge in [-0.3, -0.25) is 5.84 Å². The molecule has 0 saturated carbocycles. The Morgan fingerprint density at radius 2 is 2.47 bits per heavy atom. The maximum absolute atomic E-state index is 5.64. The van der Waals surface area contributed by atoms with Gasteiger partial charge in [0.1, 0.15) is 5.76 Å². The van der Waals surface area contributed by atoms with Crippen molar-refractivity contribution in [2.45, 2.75) is 38.3 Å². The molecule has 86 valence electrons. The molecule has 3 atom stereocenters. The summed E-state index contributed by atoms with van der Waals surface area (Å²) in [6, 6.07) is 0.121. The van der Waals surface area contributed by atoms with Gasteiger partial charge < -0.3 is 9.47 Å². The van der Waals surface area contributed by atoms with Gasteiger partial charge in [0.25, 0.3) is 0 Å². The number of hydrazine groups is 1. The third-order valence-corrected chi connectivity index (χ3v) is 3.15. The molecule has 4 heteroatoms. The van der Waals surface area contributed by atoms with Crippen molar-refractivity contribution in [3.63, 3.8) is 0 Å². The number of hydrogen-bond acceptors (Lipinski definition) is 4. The summed E-state index contributed by atoms with van der Waals surface area (Å²) in [6.07, 6.45) is 5.75. The van der Waals surface area contributed by atoms with Gasteiger partial charge in [-0.2, -0.15) is 0 Å². The molecule has 0 aromatic heterocycles. The molecule has 0 aliphatic carbocycles. The Labute approximate surface area is 90.8 Å². The summed E-state index contributed by atoms with van der Waals surface area (Å²) in [6.45, 7) is 3.69. The predicted octanol–water partition coefficient (Wildman–Crippen LogP) is 0.938. The lowest BCUT2D eigenvalue weighted by molar-refractivity contribution is 0.110. The van der Waals surface area contributed by atoms with E-state index >= 15 is 0 Å². The molecule has 0 bridgehead atoms. The average Bonchev–Trinajstić information content (AvgIpc) is 2.68. The molecule has 2 rings (SSSR count). The lowest BCUT2D eigenvalue weighted by atomic mass is 9.94. The summed E-state index contributed by atoms with van der Waals surface area (Å²) in [5.41, 5.74) is 2.86. The fourth-order valence-corrected chi connectivity index (χ4v) is 2.33. The highest BCUT2D eigenvalue weighted by atomic mass is 16.5. The quantitative estimate of drug-likeness (QED) is 0.540. The summed E-state index contributed by atoms with van der Waals surface area (Å²) >= 11 is 0. The van der Waals surface area contributed by atoms with Gasteiger partial charge in [-0.1, -0.05) is 0 Å². The average molecular weight is 212 g/mol. The molecular weight excluding hydrogens is 192 g/mol. The number of nitrogens with one attached hydrogen (secondary N) is 1. The fraction of sp³-hybridized carbons (Fsp3) is 0.818. The minimum Gasteiger partial charge on any atom is -0.497 e. The molecule has 0 amide bonds. The number of rotatable bonds is 3. The Bertz CT molecular complexity index is 243. The second-order valence-corrected chi connectivity index (χ2v) is 4.38. The maximum Gasteiger partial charge on any atom is 0.111 e. The van der Waals surface area contributed by atoms with Crippen LogP contribution in [0.25, 0.3) is 0 Å². The lowest BCUT2D eigenvalue weighted by Crippen LogP contribution is -2.43. The smallest absolute Gasteiger partial charge is 0.111 e. The number of nitrogens with two attached hydrogens (primary N) is 1. The van der Waals surface area contributed by atoms with Crippen molar-refractivity contribution in [1.82, 2.24) is 5.43 Å². The van der Waals surface area contributed by atoms with Gasteiger partial charge in [-0.05, 0) is 32.3 Å². The van der Waals surface area contributed by atoms with Gasteiger partial charge in [0.15, 0.2) is 0 Å². The summed E-state index contributed by atoms with van der Waals surface area (Å²) in [5, 5.41) is 0. The highest BCUT2D eigenvalue weighted by Crippen LogP contribution is 2.27. The van der Waals surface area contributed by atoms with Crippen molar-refractivity contribution in [1.29, 1.82) is 0 Å². The first-order valence-electron chi connectivity index (χ1n) is 5.72. The van der Waals surface area contributed by atoms with Crippen molar-refractivity contribution < 1.29 is 9.47 Å². The fourth-order valence-electron chi connectivity index (χ4n) is 2.33. The molecule has 4 nitrogen and oxygen atoms in total. The molecule has 2 heterocycles. The molecular formula is C11H20N2O2. The normalized spacial score (nSPS) is 33.3. The molecule has 3 N–H and O–H groups in total. The first kappa shape index (κ1) is 10.9. The summed E-state index contributed by atoms with van der Waals surface area (Å²) < 4.78 is 11.2. The lowest BCUT2D eigenvalue weighted by Gasteiger charge is -2.26. The second kappa shape index (κ2) is 4.96. The Morgan fingerprint density at radius 1 is 1.60 bits per heavy atom. The highest BCUT2D eigenvalue weighted by Gasteiger charge is 2.32. The van der Waals surface area contributed by atoms with Crippen LogP contribution in [0.5, 0.6) is 0 Å². The molecule has 0 aromatic rings. The van der Waals surface area contributed by atoms with E-state index in [9.17, 15) is 0 Å². The van der Waals surface area contributed by atoms with E-state index in [1.165, 1.54) is 0 Å². The van der Waals surface area contributed by atoms with Crippen LogP contribution >= 0.6 is 0 Å². The van der Waals surface area contributed by atoms with Gasteiger partial charge in [0.2, 0.25) is 0 Å². The molecule has 3 unspecified atom stereocenters. The third kappa shape index (κ3) is 2.51. The highest BCUT2D eigenvalue weighted by molar-refractivity contribution is 5.08. The van der Waals surface area contributed by atoms with Crippen molar-refractivity contribution >= 4 is 0 Å². The molecule has 0 spiro atoms. The van der Waals surface area contributed by atoms with E-state index in [-0.39, 0.29) is 6.04 Å². The van der Waals surface area contributed by atoms with E-state index in [4.69, 9.17) is 15.3 Å². The van der Waals surface area contributed by atoms with E-state index in [2.05, 4.69) is 18.4 Å². The molecule has 1 saturated heterocycles. The second-order valence-electron chi connectivity index (χ2n) is 4.38. The van der Waals surface area contributed by atoms with Crippen LogP contribution in [0.3, 0.4) is 0 Å². The summed E-state index contributed by atoms with van der Waals surface area (Å²) in [4.78, 5) is 0. The van der Waals surface area contributed by atoms with Crippen LogP contribution < -0.4 is 11.3 Å². The van der Waals surface area contributed by atoms with Gasteiger partial charge in [0, 0.05) is 5.92 Å². The largest absolute Gasteiger partial charge is 0.497 e. The Balaban J connectivity index is 1.99. The van der Waals surface area contributed by atoms with Crippen LogP contribution in [0.4, 0.5) is 0 Å². The van der Waals surface area contributed by atoms with Crippen LogP contribution in [0.15, 0.2) is 11.8 Å². The summed E-state index contributed by atoms with van der Waals surface area (Å²) in [5.74, 6) is 7.05. The maximum atomic E-state index is 5.64. The zero-order valence-electron chi connectivity index (χ0n) is 9.24. The van der Waals surface area contributed by atoms with E-state index in [0.29, 0.717) is 12.0 Å². The monoisotopic (exact) mass is 212 g/mol. The molecule has 2 aliphatic rings. The third-order valence-electron chi connectivity index (χ3n) is 3.15. The van der Waals surface area contributed by atoms with E-state index in [1.54, 1.807) is 0 Å². The summed E-state index contributed by atoms with van der Waals surface area (Å²) in [7, 11) is 0. The SMILES string of the molecule is CC1CC(C(NN)C2=CCCCO2)CO1. The van der Waals surface area contributed by atoms with Gasteiger partial charge in [-0.25, -0.2) is 5.43 Å². The zero-order chi connectivity index (χ0) is 10.7. The van der Waals surface area contributed by atoms with E-state index < -0.39 is 0 Å². The van der Waals surface area contributed by atoms with Crippen LogP contribution in [0.1, 0.15) is 26.2 Å². The van der Waals surface area contributed by atoms with Crippen LogP contribution in [-0.2, 0) is 9.47 Å². The van der Waals surface area contributed by atoms with Crippen molar-refractivity contribution in [3.8, 4) is 0 Å². The number of ether oxygens (including phenoxy) is 2. The van der Waals surface area contributed by atoms with Crippen LogP contribution in [-0.4, -0.2) is 25.4 Å². The Morgan fingerprint density at radius 3 is 3.00 bits per heavy atom. The van der Waals surface area contributed by atoms with E-state index in [0.717, 1.165) is 38.2 Å². The van der Waals surface area contributed by atoms with Gasteiger partial charge >= 0.3 is 0 Å². The number of allylic oxidation sites excluding steroid dienone is 1. The minimum atomic E-state index is 0.121. The van der Waals surface area contributed by atoms with Crippen LogP contribution in [0, 0.1) is 5.92 Å². The topological polar surface area (TPSA) is 56.5 Å². The van der Waals surface area contributed by atoms with Crippen molar-refractivity contribution in [3.05, 3.63) is 11.8 Å². The van der Waals surface area contributed by atoms with Gasteiger partial charge in [0.05, 0.1) is 25.4 Å². The van der Waals surface area contributed by atoms with Crippen molar-refractivity contribution in [2.75, 3.05) is 13.2 Å².